The molecule has 0 fully saturated rings. The summed E-state index contributed by atoms with van der Waals surface area (Å²) in [5.74, 6) is -1.10. The molecule has 2 N–H and O–H groups in total. The molecule has 200 valence electrons. The van der Waals surface area contributed by atoms with Gasteiger partial charge in [-0.1, -0.05) is 24.3 Å². The third kappa shape index (κ3) is 3.20. The molecule has 0 saturated carbocycles. The average Bonchev–Trinajstić information content (AvgIpc) is 2.97. The van der Waals surface area contributed by atoms with Gasteiger partial charge in [-0.3, -0.25) is 29.0 Å². The molecule has 0 bridgehead atoms. The van der Waals surface area contributed by atoms with Gasteiger partial charge in [-0.15, -0.1) is 0 Å². The summed E-state index contributed by atoms with van der Waals surface area (Å²) in [6, 6.07) is 15.0. The molecule has 8 nitrogen and oxygen atoms in total. The van der Waals surface area contributed by atoms with Crippen molar-refractivity contribution in [2.45, 2.75) is 12.8 Å². The van der Waals surface area contributed by atoms with Gasteiger partial charge in [0, 0.05) is 46.1 Å². The van der Waals surface area contributed by atoms with Gasteiger partial charge in [-0.05, 0) is 96.6 Å². The van der Waals surface area contributed by atoms with Crippen LogP contribution in [0.25, 0.3) is 43.1 Å². The van der Waals surface area contributed by atoms with Crippen molar-refractivity contribution in [2.24, 2.45) is 0 Å². The highest BCUT2D eigenvalue weighted by Gasteiger charge is 2.36. The summed E-state index contributed by atoms with van der Waals surface area (Å²) >= 11 is 0. The van der Waals surface area contributed by atoms with Gasteiger partial charge in [-0.25, -0.2) is 0 Å². The first kappa shape index (κ1) is 24.6. The molecule has 40 heavy (non-hydrogen) atoms. The first-order valence-corrected chi connectivity index (χ1v) is 13.7. The standard InChI is InChI=1S/C32H28N4O4/c1-33-13-3-15-35-29(37)21-9-5-17-19-7-11-23-28-24(32(40)36(31(23)39)16-4-14-34-2)12-8-20(26(19)28)18-6-10-22(30(35)38)27(21)25(17)18/h5-12,33-34H,3-4,13-16H2,1-2H3. The van der Waals surface area contributed by atoms with E-state index in [4.69, 9.17) is 0 Å². The Kier molecular flexibility index (Phi) is 5.59. The van der Waals surface area contributed by atoms with Gasteiger partial charge < -0.3 is 10.6 Å². The minimum Gasteiger partial charge on any atom is -0.320 e. The number of carbonyl (C=O) groups is 4. The lowest BCUT2D eigenvalue weighted by molar-refractivity contribution is 0.0593. The minimum atomic E-state index is -0.275. The summed E-state index contributed by atoms with van der Waals surface area (Å²) < 4.78 is 0. The molecule has 2 heterocycles. The van der Waals surface area contributed by atoms with Crippen molar-refractivity contribution in [2.75, 3.05) is 40.3 Å². The van der Waals surface area contributed by atoms with Crippen molar-refractivity contribution < 1.29 is 19.2 Å². The van der Waals surface area contributed by atoms with Gasteiger partial charge >= 0.3 is 0 Å². The number of fused-ring (bicyclic) bond motifs is 2. The van der Waals surface area contributed by atoms with Gasteiger partial charge in [0.1, 0.15) is 0 Å². The molecule has 5 aromatic rings. The van der Waals surface area contributed by atoms with Crippen LogP contribution in [0.4, 0.5) is 0 Å². The Morgan fingerprint density at radius 3 is 1.05 bits per heavy atom. The van der Waals surface area contributed by atoms with E-state index in [1.807, 2.05) is 62.6 Å². The van der Waals surface area contributed by atoms with Crippen LogP contribution in [0.5, 0.6) is 0 Å². The van der Waals surface area contributed by atoms with Crippen molar-refractivity contribution in [3.05, 3.63) is 70.8 Å². The van der Waals surface area contributed by atoms with E-state index < -0.39 is 0 Å². The number of rotatable bonds is 8. The zero-order valence-electron chi connectivity index (χ0n) is 22.4. The Labute approximate surface area is 230 Å². The SMILES string of the molecule is CNCCCN1C(=O)c2ccc3c4ccc5c6c(ccc(c7ccc(c2c37)C1=O)c64)C(=O)N(CCCNC)C5=O. The van der Waals surface area contributed by atoms with Gasteiger partial charge in [0.15, 0.2) is 0 Å². The fourth-order valence-electron chi connectivity index (χ4n) is 6.60. The Balaban J connectivity index is 1.47. The average molecular weight is 533 g/mol. The Morgan fingerprint density at radius 1 is 0.475 bits per heavy atom. The summed E-state index contributed by atoms with van der Waals surface area (Å²) in [6.07, 6.45) is 1.35. The Morgan fingerprint density at radius 2 is 0.775 bits per heavy atom. The zero-order valence-corrected chi connectivity index (χ0v) is 22.4. The normalized spacial score (nSPS) is 15.2. The molecule has 0 spiro atoms. The van der Waals surface area contributed by atoms with E-state index in [0.29, 0.717) is 72.0 Å². The Hall–Kier alpha value is -4.40. The smallest absolute Gasteiger partial charge is 0.261 e. The number of benzene rings is 5. The van der Waals surface area contributed by atoms with Crippen LogP contribution < -0.4 is 10.6 Å². The van der Waals surface area contributed by atoms with Gasteiger partial charge in [-0.2, -0.15) is 0 Å². The molecule has 0 atom stereocenters. The third-order valence-corrected chi connectivity index (χ3v) is 8.42. The van der Waals surface area contributed by atoms with Crippen LogP contribution in [0.3, 0.4) is 0 Å². The summed E-state index contributed by atoms with van der Waals surface area (Å²) in [5, 5.41) is 12.8. The highest BCUT2D eigenvalue weighted by Crippen LogP contribution is 2.46. The molecule has 7 rings (SSSR count). The fraction of sp³-hybridized carbons (Fsp3) is 0.250. The lowest BCUT2D eigenvalue weighted by atomic mass is 9.82. The third-order valence-electron chi connectivity index (χ3n) is 8.42. The first-order chi connectivity index (χ1) is 19.5. The first-order valence-electron chi connectivity index (χ1n) is 13.7. The Bertz CT molecular complexity index is 1670. The van der Waals surface area contributed by atoms with Crippen LogP contribution in [0.15, 0.2) is 48.5 Å². The van der Waals surface area contributed by atoms with Crippen LogP contribution in [-0.2, 0) is 0 Å². The monoisotopic (exact) mass is 532 g/mol. The van der Waals surface area contributed by atoms with E-state index in [1.54, 1.807) is 0 Å². The molecule has 0 radical (unpaired) electrons. The molecule has 2 aliphatic rings. The maximum Gasteiger partial charge on any atom is 0.261 e. The zero-order chi connectivity index (χ0) is 27.7. The molecular weight excluding hydrogens is 504 g/mol. The quantitative estimate of drug-likeness (QED) is 0.135. The van der Waals surface area contributed by atoms with Gasteiger partial charge in [0.05, 0.1) is 0 Å². The van der Waals surface area contributed by atoms with Crippen molar-refractivity contribution in [3.63, 3.8) is 0 Å². The lowest BCUT2D eigenvalue weighted by Crippen LogP contribution is -2.41. The summed E-state index contributed by atoms with van der Waals surface area (Å²) in [6.45, 7) is 2.12. The van der Waals surface area contributed by atoms with E-state index in [2.05, 4.69) is 10.6 Å². The lowest BCUT2D eigenvalue weighted by Gasteiger charge is -2.30. The maximum absolute atomic E-state index is 13.5. The minimum absolute atomic E-state index is 0.275. The second kappa shape index (κ2) is 9.08. The van der Waals surface area contributed by atoms with Crippen molar-refractivity contribution >= 4 is 66.7 Å². The van der Waals surface area contributed by atoms with Crippen LogP contribution >= 0.6 is 0 Å². The number of imide groups is 2. The van der Waals surface area contributed by atoms with Crippen molar-refractivity contribution in [3.8, 4) is 0 Å². The topological polar surface area (TPSA) is 98.8 Å². The number of nitrogens with one attached hydrogen (secondary N) is 2. The van der Waals surface area contributed by atoms with E-state index in [0.717, 1.165) is 32.3 Å². The maximum atomic E-state index is 13.5. The van der Waals surface area contributed by atoms with Gasteiger partial charge in [0.25, 0.3) is 23.6 Å². The predicted molar refractivity (Wildman–Crippen MR) is 155 cm³/mol. The van der Waals surface area contributed by atoms with Crippen LogP contribution in [0.2, 0.25) is 0 Å². The highest BCUT2D eigenvalue weighted by atomic mass is 16.2. The van der Waals surface area contributed by atoms with E-state index in [1.165, 1.54) is 9.80 Å². The highest BCUT2D eigenvalue weighted by molar-refractivity contribution is 6.41. The van der Waals surface area contributed by atoms with E-state index in [-0.39, 0.29) is 23.6 Å². The molecule has 8 heteroatoms. The molecule has 0 aliphatic carbocycles. The number of hydrogen-bond donors (Lipinski definition) is 2. The van der Waals surface area contributed by atoms with Crippen LogP contribution in [0, 0.1) is 0 Å². The second-order valence-electron chi connectivity index (χ2n) is 10.6. The molecule has 0 unspecified atom stereocenters. The largest absolute Gasteiger partial charge is 0.320 e. The summed E-state index contributed by atoms with van der Waals surface area (Å²) in [4.78, 5) is 56.7. The van der Waals surface area contributed by atoms with Crippen molar-refractivity contribution in [1.29, 1.82) is 0 Å². The molecule has 4 amide bonds. The predicted octanol–water partition coefficient (Wildman–Crippen LogP) is 4.15. The number of hydrogen-bond acceptors (Lipinski definition) is 6. The fourth-order valence-corrected chi connectivity index (χ4v) is 6.60. The van der Waals surface area contributed by atoms with Gasteiger partial charge in [0.2, 0.25) is 0 Å². The molecular formula is C32H28N4O4. The molecule has 5 aromatic carbocycles. The number of amides is 4. The molecule has 0 saturated heterocycles. The van der Waals surface area contributed by atoms with Crippen LogP contribution in [0.1, 0.15) is 54.3 Å². The summed E-state index contributed by atoms with van der Waals surface area (Å²) in [7, 11) is 3.69. The molecule has 0 aromatic heterocycles. The summed E-state index contributed by atoms with van der Waals surface area (Å²) in [5.41, 5.74) is 2.10. The molecule has 2 aliphatic heterocycles. The number of carbonyl (C=O) groups excluding carboxylic acids is 4. The van der Waals surface area contributed by atoms with Crippen molar-refractivity contribution in [1.82, 2.24) is 20.4 Å². The van der Waals surface area contributed by atoms with E-state index >= 15 is 0 Å². The number of nitrogens with zero attached hydrogens (tertiary/aromatic N) is 2. The van der Waals surface area contributed by atoms with E-state index in [9.17, 15) is 19.2 Å². The van der Waals surface area contributed by atoms with Crippen LogP contribution in [-0.4, -0.2) is 73.7 Å². The second-order valence-corrected chi connectivity index (χ2v) is 10.6.